The Balaban J connectivity index is 2.38. The van der Waals surface area contributed by atoms with Crippen LogP contribution in [0.4, 0.5) is 19.0 Å². The van der Waals surface area contributed by atoms with Crippen molar-refractivity contribution in [2.24, 2.45) is 0 Å². The molecule has 0 aromatic carbocycles. The third-order valence-corrected chi connectivity index (χ3v) is 5.99. The molecule has 2 heterocycles. The first-order chi connectivity index (χ1) is 12.6. The van der Waals surface area contributed by atoms with E-state index in [-0.39, 0.29) is 45.2 Å². The first-order valence-corrected chi connectivity index (χ1v) is 10.3. The van der Waals surface area contributed by atoms with E-state index in [0.717, 1.165) is 12.4 Å². The molecule has 0 aliphatic carbocycles. The summed E-state index contributed by atoms with van der Waals surface area (Å²) in [5, 5.41) is 0. The Bertz CT molecular complexity index is 916. The number of carbonyl (C=O) groups is 1. The number of aromatic nitrogens is 2. The van der Waals surface area contributed by atoms with E-state index in [2.05, 4.69) is 9.97 Å². The Hall–Kier alpha value is -2.14. The number of pyridine rings is 2. The summed E-state index contributed by atoms with van der Waals surface area (Å²) in [5.41, 5.74) is -4.51. The van der Waals surface area contributed by atoms with E-state index >= 15 is 0 Å². The maximum atomic E-state index is 12.9. The molecule has 0 aliphatic heterocycles. The molecule has 0 atom stereocenters. The van der Waals surface area contributed by atoms with Crippen LogP contribution in [0.3, 0.4) is 0 Å². The zero-order chi connectivity index (χ0) is 20.2. The molecule has 1 amide bonds. The Morgan fingerprint density at radius 1 is 1.19 bits per heavy atom. The van der Waals surface area contributed by atoms with Crippen molar-refractivity contribution in [2.75, 3.05) is 17.2 Å². The molecule has 146 valence electrons. The van der Waals surface area contributed by atoms with Gasteiger partial charge < -0.3 is 0 Å². The molecule has 0 saturated heterocycles. The molecule has 2 rings (SSSR count). The normalized spacial score (nSPS) is 12.0. The second kappa shape index (κ2) is 8.26. The quantitative estimate of drug-likeness (QED) is 0.666. The van der Waals surface area contributed by atoms with Gasteiger partial charge in [-0.3, -0.25) is 14.7 Å². The van der Waals surface area contributed by atoms with Gasteiger partial charge in [-0.05, 0) is 36.9 Å². The summed E-state index contributed by atoms with van der Waals surface area (Å²) in [6.45, 7) is 3.24. The number of nitrogens with zero attached hydrogens (tertiary/aromatic N) is 3. The van der Waals surface area contributed by atoms with Crippen LogP contribution in [0.1, 0.15) is 24.2 Å². The van der Waals surface area contributed by atoms with Gasteiger partial charge in [0.1, 0.15) is 5.82 Å². The fraction of sp³-hybridized carbons (Fsp3) is 0.312. The van der Waals surface area contributed by atoms with Gasteiger partial charge in [0.05, 0.1) is 16.2 Å². The van der Waals surface area contributed by atoms with Crippen molar-refractivity contribution in [1.82, 2.24) is 9.97 Å². The molecule has 0 spiro atoms. The van der Waals surface area contributed by atoms with Crippen LogP contribution < -0.4 is 4.90 Å². The number of anilines is 1. The molecule has 2 aromatic heterocycles. The van der Waals surface area contributed by atoms with Crippen LogP contribution in [0, 0.1) is 0 Å². The Morgan fingerprint density at radius 2 is 1.89 bits per heavy atom. The number of halogens is 3. The molecule has 2 aromatic rings. The molecule has 0 bridgehead atoms. The highest BCUT2D eigenvalue weighted by molar-refractivity contribution is 8.00. The standard InChI is InChI=1S/C16H16F3N3O3S2/c1-3-22(14-6-5-11(9-21-14)26-16(17,18)19)15(23)12-7-8-20-10-13(12)27(24,25)4-2/h5-10H,3-4H2,1-2H3. The van der Waals surface area contributed by atoms with Crippen LogP contribution in [0.2, 0.25) is 0 Å². The lowest BCUT2D eigenvalue weighted by molar-refractivity contribution is -0.0328. The number of hydrogen-bond acceptors (Lipinski definition) is 6. The monoisotopic (exact) mass is 419 g/mol. The molecule has 6 nitrogen and oxygen atoms in total. The lowest BCUT2D eigenvalue weighted by Crippen LogP contribution is -2.32. The number of thioether (sulfide) groups is 1. The number of carbonyl (C=O) groups excluding carboxylic acids is 1. The number of amides is 1. The smallest absolute Gasteiger partial charge is 0.293 e. The highest BCUT2D eigenvalue weighted by atomic mass is 32.2. The van der Waals surface area contributed by atoms with Crippen LogP contribution in [-0.4, -0.2) is 42.1 Å². The molecule has 0 fully saturated rings. The van der Waals surface area contributed by atoms with Crippen molar-refractivity contribution < 1.29 is 26.4 Å². The van der Waals surface area contributed by atoms with Gasteiger partial charge in [0.25, 0.3) is 5.91 Å². The molecule has 0 unspecified atom stereocenters. The molecular weight excluding hydrogens is 403 g/mol. The van der Waals surface area contributed by atoms with Crippen LogP contribution in [0.25, 0.3) is 0 Å². The van der Waals surface area contributed by atoms with Gasteiger partial charge >= 0.3 is 5.51 Å². The number of alkyl halides is 3. The van der Waals surface area contributed by atoms with Crippen molar-refractivity contribution >= 4 is 33.3 Å². The predicted molar refractivity (Wildman–Crippen MR) is 95.5 cm³/mol. The summed E-state index contributed by atoms with van der Waals surface area (Å²) in [6.07, 6.45) is 3.42. The van der Waals surface area contributed by atoms with Gasteiger partial charge in [-0.1, -0.05) is 6.92 Å². The first-order valence-electron chi connectivity index (χ1n) is 7.79. The lowest BCUT2D eigenvalue weighted by atomic mass is 10.2. The second-order valence-electron chi connectivity index (χ2n) is 5.22. The molecular formula is C16H16F3N3O3S2. The minimum absolute atomic E-state index is 0.0655. The van der Waals surface area contributed by atoms with Crippen molar-refractivity contribution in [2.45, 2.75) is 29.1 Å². The van der Waals surface area contributed by atoms with E-state index in [4.69, 9.17) is 0 Å². The van der Waals surface area contributed by atoms with Crippen LogP contribution in [-0.2, 0) is 9.84 Å². The zero-order valence-electron chi connectivity index (χ0n) is 14.4. The van der Waals surface area contributed by atoms with E-state index in [1.165, 1.54) is 36.2 Å². The van der Waals surface area contributed by atoms with Crippen LogP contribution in [0.5, 0.6) is 0 Å². The Morgan fingerprint density at radius 3 is 2.41 bits per heavy atom. The molecule has 0 radical (unpaired) electrons. The van der Waals surface area contributed by atoms with Gasteiger partial charge in [0.2, 0.25) is 0 Å². The second-order valence-corrected chi connectivity index (χ2v) is 8.61. The molecule has 27 heavy (non-hydrogen) atoms. The summed E-state index contributed by atoms with van der Waals surface area (Å²) < 4.78 is 61.7. The number of rotatable bonds is 6. The first kappa shape index (κ1) is 21.2. The fourth-order valence-corrected chi connectivity index (χ4v) is 3.77. The van der Waals surface area contributed by atoms with Crippen molar-refractivity contribution in [3.8, 4) is 0 Å². The lowest BCUT2D eigenvalue weighted by Gasteiger charge is -2.21. The largest absolute Gasteiger partial charge is 0.446 e. The molecule has 11 heteroatoms. The minimum atomic E-state index is -4.44. The molecule has 0 N–H and O–H groups in total. The average molecular weight is 419 g/mol. The van der Waals surface area contributed by atoms with Gasteiger partial charge in [0.15, 0.2) is 9.84 Å². The van der Waals surface area contributed by atoms with Gasteiger partial charge in [-0.15, -0.1) is 0 Å². The van der Waals surface area contributed by atoms with Crippen LogP contribution >= 0.6 is 11.8 Å². The van der Waals surface area contributed by atoms with Gasteiger partial charge in [0, 0.05) is 30.0 Å². The van der Waals surface area contributed by atoms with E-state index in [1.807, 2.05) is 0 Å². The average Bonchev–Trinajstić information content (AvgIpc) is 2.62. The van der Waals surface area contributed by atoms with Crippen molar-refractivity contribution in [3.05, 3.63) is 42.4 Å². The third kappa shape index (κ3) is 5.19. The Labute approximate surface area is 158 Å². The molecule has 0 aliphatic rings. The highest BCUT2D eigenvalue weighted by Gasteiger charge is 2.30. The van der Waals surface area contributed by atoms with Crippen LogP contribution in [0.15, 0.2) is 46.6 Å². The minimum Gasteiger partial charge on any atom is -0.293 e. The summed E-state index contributed by atoms with van der Waals surface area (Å²) in [5.74, 6) is -0.714. The van der Waals surface area contributed by atoms with Gasteiger partial charge in [-0.25, -0.2) is 13.4 Å². The number of hydrogen-bond donors (Lipinski definition) is 0. The summed E-state index contributed by atoms with van der Waals surface area (Å²) in [6, 6.07) is 3.78. The van der Waals surface area contributed by atoms with Gasteiger partial charge in [-0.2, -0.15) is 13.2 Å². The predicted octanol–water partition coefficient (Wildman–Crippen LogP) is 3.55. The fourth-order valence-electron chi connectivity index (χ4n) is 2.24. The SMILES string of the molecule is CCN(C(=O)c1ccncc1S(=O)(=O)CC)c1ccc(SC(F)(F)F)cn1. The zero-order valence-corrected chi connectivity index (χ0v) is 16.0. The number of sulfone groups is 1. The molecule has 0 saturated carbocycles. The topological polar surface area (TPSA) is 80.2 Å². The summed E-state index contributed by atoms with van der Waals surface area (Å²) in [7, 11) is -3.68. The highest BCUT2D eigenvalue weighted by Crippen LogP contribution is 2.36. The van der Waals surface area contributed by atoms with Crippen molar-refractivity contribution in [3.63, 3.8) is 0 Å². The van der Waals surface area contributed by atoms with E-state index in [9.17, 15) is 26.4 Å². The van der Waals surface area contributed by atoms with E-state index in [1.54, 1.807) is 6.92 Å². The maximum Gasteiger partial charge on any atom is 0.446 e. The van der Waals surface area contributed by atoms with Crippen molar-refractivity contribution in [1.29, 1.82) is 0 Å². The summed E-state index contributed by atoms with van der Waals surface area (Å²) >= 11 is -0.311. The summed E-state index contributed by atoms with van der Waals surface area (Å²) in [4.78, 5) is 21.4. The maximum absolute atomic E-state index is 12.9. The Kier molecular flexibility index (Phi) is 6.47. The third-order valence-electron chi connectivity index (χ3n) is 3.52. The van der Waals surface area contributed by atoms with E-state index < -0.39 is 21.3 Å². The van der Waals surface area contributed by atoms with E-state index in [0.29, 0.717) is 0 Å².